The van der Waals surface area contributed by atoms with Crippen molar-refractivity contribution in [2.45, 2.75) is 45.7 Å². The van der Waals surface area contributed by atoms with E-state index in [0.717, 1.165) is 18.5 Å². The van der Waals surface area contributed by atoms with Crippen LogP contribution in [0.3, 0.4) is 0 Å². The fourth-order valence-electron chi connectivity index (χ4n) is 1.61. The van der Waals surface area contributed by atoms with Gasteiger partial charge in [-0.3, -0.25) is 0 Å². The van der Waals surface area contributed by atoms with Crippen molar-refractivity contribution < 1.29 is 0 Å². The van der Waals surface area contributed by atoms with Crippen molar-refractivity contribution in [1.29, 1.82) is 0 Å². The normalized spacial score (nSPS) is 33.0. The van der Waals surface area contributed by atoms with Gasteiger partial charge in [-0.2, -0.15) is 0 Å². The number of nitrogens with two attached hydrogens (primary N) is 1. The number of hydrogen-bond acceptors (Lipinski definition) is 2. The summed E-state index contributed by atoms with van der Waals surface area (Å²) in [6, 6.07) is 1.12. The number of rotatable bonds is 5. The van der Waals surface area contributed by atoms with E-state index in [9.17, 15) is 0 Å². The van der Waals surface area contributed by atoms with Crippen LogP contribution < -0.4 is 11.1 Å². The van der Waals surface area contributed by atoms with Gasteiger partial charge in [0.15, 0.2) is 0 Å². The summed E-state index contributed by atoms with van der Waals surface area (Å²) < 4.78 is 0. The third kappa shape index (κ3) is 2.76. The van der Waals surface area contributed by atoms with Gasteiger partial charge >= 0.3 is 0 Å². The molecule has 0 aromatic rings. The molecular weight excluding hydrogens is 148 g/mol. The van der Waals surface area contributed by atoms with Crippen LogP contribution in [0.4, 0.5) is 0 Å². The fraction of sp³-hybridized carbons (Fsp3) is 1.00. The highest BCUT2D eigenvalue weighted by Gasteiger charge is 2.32. The van der Waals surface area contributed by atoms with Crippen LogP contribution in [-0.2, 0) is 0 Å². The van der Waals surface area contributed by atoms with Crippen LogP contribution in [0.25, 0.3) is 0 Å². The summed E-state index contributed by atoms with van der Waals surface area (Å²) in [5.74, 6) is 1.55. The van der Waals surface area contributed by atoms with Crippen molar-refractivity contribution in [3.63, 3.8) is 0 Å². The summed E-state index contributed by atoms with van der Waals surface area (Å²) in [7, 11) is 0. The Morgan fingerprint density at radius 2 is 2.17 bits per heavy atom. The van der Waals surface area contributed by atoms with E-state index in [-0.39, 0.29) is 0 Å². The summed E-state index contributed by atoms with van der Waals surface area (Å²) >= 11 is 0. The predicted octanol–water partition coefficient (Wildman–Crippen LogP) is 1.36. The van der Waals surface area contributed by atoms with Gasteiger partial charge in [0.25, 0.3) is 0 Å². The van der Waals surface area contributed by atoms with Gasteiger partial charge < -0.3 is 11.1 Å². The maximum Gasteiger partial charge on any atom is 0.00965 e. The van der Waals surface area contributed by atoms with Crippen molar-refractivity contribution in [3.05, 3.63) is 0 Å². The molecular formula is C10H22N2. The number of hydrogen-bond donors (Lipinski definition) is 2. The summed E-state index contributed by atoms with van der Waals surface area (Å²) in [5.41, 5.74) is 5.85. The van der Waals surface area contributed by atoms with Crippen LogP contribution in [0.2, 0.25) is 0 Å². The Morgan fingerprint density at radius 3 is 2.50 bits per heavy atom. The average molecular weight is 170 g/mol. The van der Waals surface area contributed by atoms with E-state index < -0.39 is 0 Å². The molecule has 0 spiro atoms. The van der Waals surface area contributed by atoms with Crippen molar-refractivity contribution in [1.82, 2.24) is 5.32 Å². The summed E-state index contributed by atoms with van der Waals surface area (Å²) in [6.45, 7) is 7.71. The molecule has 12 heavy (non-hydrogen) atoms. The van der Waals surface area contributed by atoms with Crippen molar-refractivity contribution in [3.8, 4) is 0 Å². The van der Waals surface area contributed by atoms with Gasteiger partial charge in [-0.1, -0.05) is 20.3 Å². The molecule has 0 amide bonds. The van der Waals surface area contributed by atoms with Crippen molar-refractivity contribution in [2.24, 2.45) is 17.6 Å². The molecule has 1 aliphatic rings. The molecule has 1 unspecified atom stereocenters. The topological polar surface area (TPSA) is 38.0 Å². The van der Waals surface area contributed by atoms with Crippen molar-refractivity contribution in [2.75, 3.05) is 6.54 Å². The molecule has 0 aromatic heterocycles. The first-order valence-corrected chi connectivity index (χ1v) is 5.14. The molecule has 0 saturated heterocycles. The molecule has 0 aliphatic heterocycles. The first-order chi connectivity index (χ1) is 5.65. The molecule has 72 valence electrons. The molecule has 1 fully saturated rings. The Hall–Kier alpha value is -0.0800. The van der Waals surface area contributed by atoms with Gasteiger partial charge in [0.1, 0.15) is 0 Å². The second-order valence-corrected chi connectivity index (χ2v) is 4.26. The highest BCUT2D eigenvalue weighted by atomic mass is 15.0. The molecule has 2 heteroatoms. The third-order valence-corrected chi connectivity index (χ3v) is 3.02. The Bertz CT molecular complexity index is 134. The third-order valence-electron chi connectivity index (χ3n) is 3.02. The summed E-state index contributed by atoms with van der Waals surface area (Å²) in [6.07, 6.45) is 2.54. The highest BCUT2D eigenvalue weighted by molar-refractivity contribution is 4.90. The SMILES string of the molecule is CC[C@@H](CN[C@H]1C[C@H]1C)C(C)N. The lowest BCUT2D eigenvalue weighted by molar-refractivity contribution is 0.397. The fourth-order valence-corrected chi connectivity index (χ4v) is 1.61. The van der Waals surface area contributed by atoms with Crippen LogP contribution in [0.15, 0.2) is 0 Å². The van der Waals surface area contributed by atoms with Gasteiger partial charge in [-0.05, 0) is 31.7 Å². The second kappa shape index (κ2) is 4.24. The van der Waals surface area contributed by atoms with Gasteiger partial charge in [0.2, 0.25) is 0 Å². The molecule has 4 atom stereocenters. The van der Waals surface area contributed by atoms with Crippen LogP contribution in [0.1, 0.15) is 33.6 Å². The van der Waals surface area contributed by atoms with E-state index >= 15 is 0 Å². The molecule has 0 radical (unpaired) electrons. The Morgan fingerprint density at radius 1 is 1.58 bits per heavy atom. The van der Waals surface area contributed by atoms with E-state index in [1.807, 2.05) is 0 Å². The Balaban J connectivity index is 2.11. The molecule has 0 heterocycles. The molecule has 0 aromatic carbocycles. The van der Waals surface area contributed by atoms with E-state index in [1.54, 1.807) is 0 Å². The lowest BCUT2D eigenvalue weighted by atomic mass is 9.99. The maximum atomic E-state index is 5.85. The minimum absolute atomic E-state index is 0.330. The first kappa shape index (κ1) is 10.0. The molecule has 3 N–H and O–H groups in total. The van der Waals surface area contributed by atoms with Gasteiger partial charge in [-0.25, -0.2) is 0 Å². The zero-order chi connectivity index (χ0) is 9.14. The summed E-state index contributed by atoms with van der Waals surface area (Å²) in [5, 5.41) is 3.56. The standard InChI is InChI=1S/C10H22N2/c1-4-9(8(3)11)6-12-10-5-7(10)2/h7-10,12H,4-6,11H2,1-3H3/t7-,8?,9+,10+/m1/s1. The second-order valence-electron chi connectivity index (χ2n) is 4.26. The van der Waals surface area contributed by atoms with E-state index in [1.165, 1.54) is 12.8 Å². The van der Waals surface area contributed by atoms with Gasteiger partial charge in [-0.15, -0.1) is 0 Å². The quantitative estimate of drug-likeness (QED) is 0.654. The highest BCUT2D eigenvalue weighted by Crippen LogP contribution is 2.29. The number of nitrogens with one attached hydrogen (secondary N) is 1. The first-order valence-electron chi connectivity index (χ1n) is 5.14. The lowest BCUT2D eigenvalue weighted by Crippen LogP contribution is -2.35. The zero-order valence-corrected chi connectivity index (χ0v) is 8.51. The molecule has 1 aliphatic carbocycles. The zero-order valence-electron chi connectivity index (χ0n) is 8.51. The van der Waals surface area contributed by atoms with Crippen LogP contribution in [0.5, 0.6) is 0 Å². The summed E-state index contributed by atoms with van der Waals surface area (Å²) in [4.78, 5) is 0. The van der Waals surface area contributed by atoms with Crippen molar-refractivity contribution >= 4 is 0 Å². The lowest BCUT2D eigenvalue weighted by Gasteiger charge is -2.19. The Kier molecular flexibility index (Phi) is 3.53. The molecule has 1 rings (SSSR count). The minimum Gasteiger partial charge on any atom is -0.328 e. The van der Waals surface area contributed by atoms with E-state index in [0.29, 0.717) is 12.0 Å². The predicted molar refractivity (Wildman–Crippen MR) is 53.0 cm³/mol. The molecule has 0 bridgehead atoms. The van der Waals surface area contributed by atoms with E-state index in [2.05, 4.69) is 26.1 Å². The minimum atomic E-state index is 0.330. The largest absolute Gasteiger partial charge is 0.328 e. The van der Waals surface area contributed by atoms with Crippen LogP contribution in [-0.4, -0.2) is 18.6 Å². The van der Waals surface area contributed by atoms with Gasteiger partial charge in [0, 0.05) is 12.1 Å². The molecule has 1 saturated carbocycles. The van der Waals surface area contributed by atoms with Crippen LogP contribution in [0, 0.1) is 11.8 Å². The molecule has 2 nitrogen and oxygen atoms in total. The van der Waals surface area contributed by atoms with Crippen LogP contribution >= 0.6 is 0 Å². The smallest absolute Gasteiger partial charge is 0.00965 e. The van der Waals surface area contributed by atoms with E-state index in [4.69, 9.17) is 5.73 Å². The van der Waals surface area contributed by atoms with Gasteiger partial charge in [0.05, 0.1) is 0 Å². The monoisotopic (exact) mass is 170 g/mol. The Labute approximate surface area is 75.9 Å². The maximum absolute atomic E-state index is 5.85. The average Bonchev–Trinajstić information content (AvgIpc) is 2.67.